The van der Waals surface area contributed by atoms with E-state index in [1.165, 1.54) is 19.5 Å². The number of pyridine rings is 1. The Morgan fingerprint density at radius 3 is 2.66 bits per heavy atom. The largest absolute Gasteiger partial charge is 0.494 e. The molecule has 0 saturated heterocycles. The summed E-state index contributed by atoms with van der Waals surface area (Å²) in [5.74, 6) is 1.61. The Kier molecular flexibility index (Phi) is 4.79. The molecule has 29 heavy (non-hydrogen) atoms. The zero-order chi connectivity index (χ0) is 20.5. The molecule has 0 spiro atoms. The van der Waals surface area contributed by atoms with Crippen molar-refractivity contribution in [3.8, 4) is 17.0 Å². The Morgan fingerprint density at radius 2 is 1.97 bits per heavy atom. The van der Waals surface area contributed by atoms with Crippen LogP contribution in [0.2, 0.25) is 0 Å². The van der Waals surface area contributed by atoms with Gasteiger partial charge < -0.3 is 14.6 Å². The minimum absolute atomic E-state index is 0.229. The maximum atomic E-state index is 14.5. The number of ether oxygens (including phenoxy) is 1. The van der Waals surface area contributed by atoms with E-state index in [4.69, 9.17) is 9.26 Å². The highest BCUT2D eigenvalue weighted by Crippen LogP contribution is 2.35. The van der Waals surface area contributed by atoms with Crippen LogP contribution in [0.5, 0.6) is 5.75 Å². The Balaban J connectivity index is 1.83. The van der Waals surface area contributed by atoms with E-state index in [1.807, 2.05) is 6.92 Å². The molecule has 0 aliphatic rings. The second-order valence-electron chi connectivity index (χ2n) is 6.68. The molecule has 3 aromatic heterocycles. The van der Waals surface area contributed by atoms with Crippen LogP contribution in [0.4, 0.5) is 10.2 Å². The fraction of sp³-hybridized carbons (Fsp3) is 0.250. The number of hydrogen-bond donors (Lipinski definition) is 1. The standard InChI is InChI=1S/C20H19FN6O2/c1-10-5-15(21)17(22-8-10)13-6-14-18(16(7-13)28-4)23-9-24-20(14)25-11(2)19-26-12(3)29-27-19/h5-9,11H,1-4H3,(H,23,24,25). The summed E-state index contributed by atoms with van der Waals surface area (Å²) in [7, 11) is 1.54. The summed E-state index contributed by atoms with van der Waals surface area (Å²) in [6.45, 7) is 5.40. The van der Waals surface area contributed by atoms with Gasteiger partial charge in [0.15, 0.2) is 5.82 Å². The van der Waals surface area contributed by atoms with Crippen molar-refractivity contribution in [3.05, 3.63) is 53.8 Å². The van der Waals surface area contributed by atoms with Gasteiger partial charge in [0, 0.05) is 24.1 Å². The van der Waals surface area contributed by atoms with Gasteiger partial charge >= 0.3 is 0 Å². The van der Waals surface area contributed by atoms with E-state index in [0.29, 0.717) is 39.7 Å². The third kappa shape index (κ3) is 3.58. The molecule has 1 unspecified atom stereocenters. The first kappa shape index (κ1) is 18.7. The van der Waals surface area contributed by atoms with Crippen LogP contribution in [0.1, 0.15) is 30.2 Å². The summed E-state index contributed by atoms with van der Waals surface area (Å²) in [4.78, 5) is 17.2. The average Bonchev–Trinajstić information content (AvgIpc) is 3.14. The minimum Gasteiger partial charge on any atom is -0.494 e. The van der Waals surface area contributed by atoms with E-state index in [1.54, 1.807) is 32.2 Å². The molecule has 0 radical (unpaired) electrons. The van der Waals surface area contributed by atoms with Crippen molar-refractivity contribution in [2.75, 3.05) is 12.4 Å². The van der Waals surface area contributed by atoms with Gasteiger partial charge in [0.2, 0.25) is 5.89 Å². The summed E-state index contributed by atoms with van der Waals surface area (Å²) >= 11 is 0. The molecule has 148 valence electrons. The van der Waals surface area contributed by atoms with Crippen molar-refractivity contribution in [1.82, 2.24) is 25.1 Å². The van der Waals surface area contributed by atoms with Crippen LogP contribution in [0.15, 0.2) is 35.2 Å². The molecule has 1 N–H and O–H groups in total. The molecular formula is C20H19FN6O2. The molecule has 4 rings (SSSR count). The van der Waals surface area contributed by atoms with Crippen LogP contribution in [0.25, 0.3) is 22.2 Å². The number of fused-ring (bicyclic) bond motifs is 1. The summed E-state index contributed by atoms with van der Waals surface area (Å²) in [5.41, 5.74) is 2.13. The van der Waals surface area contributed by atoms with Gasteiger partial charge in [0.1, 0.15) is 34.9 Å². The second kappa shape index (κ2) is 7.42. The van der Waals surface area contributed by atoms with Crippen LogP contribution < -0.4 is 10.1 Å². The summed E-state index contributed by atoms with van der Waals surface area (Å²) in [6.07, 6.45) is 3.06. The van der Waals surface area contributed by atoms with Crippen molar-refractivity contribution in [1.29, 1.82) is 0 Å². The molecule has 0 fully saturated rings. The van der Waals surface area contributed by atoms with E-state index in [0.717, 1.165) is 5.56 Å². The second-order valence-corrected chi connectivity index (χ2v) is 6.68. The first-order chi connectivity index (χ1) is 14.0. The molecule has 1 atom stereocenters. The highest BCUT2D eigenvalue weighted by atomic mass is 19.1. The van der Waals surface area contributed by atoms with Crippen molar-refractivity contribution in [2.24, 2.45) is 0 Å². The van der Waals surface area contributed by atoms with Gasteiger partial charge in [-0.05, 0) is 37.6 Å². The highest BCUT2D eigenvalue weighted by molar-refractivity contribution is 5.96. The molecule has 0 saturated carbocycles. The lowest BCUT2D eigenvalue weighted by atomic mass is 10.1. The van der Waals surface area contributed by atoms with Gasteiger partial charge in [0.05, 0.1) is 13.2 Å². The fourth-order valence-electron chi connectivity index (χ4n) is 3.05. The molecule has 0 aliphatic carbocycles. The number of methoxy groups -OCH3 is 1. The topological polar surface area (TPSA) is 98.8 Å². The van der Waals surface area contributed by atoms with Crippen molar-refractivity contribution in [2.45, 2.75) is 26.8 Å². The number of aryl methyl sites for hydroxylation is 2. The van der Waals surface area contributed by atoms with Crippen LogP contribution in [0, 0.1) is 19.7 Å². The number of anilines is 1. The molecule has 0 amide bonds. The average molecular weight is 394 g/mol. The Morgan fingerprint density at radius 1 is 1.14 bits per heavy atom. The molecule has 3 heterocycles. The Bertz CT molecular complexity index is 1190. The lowest BCUT2D eigenvalue weighted by molar-refractivity contribution is 0.385. The predicted octanol–water partition coefficient (Wildman–Crippen LogP) is 4.01. The summed E-state index contributed by atoms with van der Waals surface area (Å²) < 4.78 is 25.1. The third-order valence-electron chi connectivity index (χ3n) is 4.46. The van der Waals surface area contributed by atoms with Crippen molar-refractivity contribution >= 4 is 16.7 Å². The lowest BCUT2D eigenvalue weighted by Crippen LogP contribution is -2.10. The van der Waals surface area contributed by atoms with E-state index in [9.17, 15) is 4.39 Å². The fourth-order valence-corrected chi connectivity index (χ4v) is 3.05. The smallest absolute Gasteiger partial charge is 0.223 e. The predicted molar refractivity (Wildman–Crippen MR) is 105 cm³/mol. The molecule has 4 aromatic rings. The molecule has 1 aromatic carbocycles. The van der Waals surface area contributed by atoms with Gasteiger partial charge in [-0.1, -0.05) is 5.16 Å². The molecule has 0 aliphatic heterocycles. The van der Waals surface area contributed by atoms with E-state index >= 15 is 0 Å². The summed E-state index contributed by atoms with van der Waals surface area (Å²) in [5, 5.41) is 7.86. The first-order valence-corrected chi connectivity index (χ1v) is 8.98. The van der Waals surface area contributed by atoms with Crippen LogP contribution >= 0.6 is 0 Å². The SMILES string of the molecule is COc1cc(-c2ncc(C)cc2F)cc2c(NC(C)c3noc(C)n3)ncnc12. The van der Waals surface area contributed by atoms with Crippen LogP contribution in [0.3, 0.4) is 0 Å². The number of hydrogen-bond acceptors (Lipinski definition) is 8. The normalized spacial score (nSPS) is 12.2. The minimum atomic E-state index is -0.409. The molecule has 9 heteroatoms. The lowest BCUT2D eigenvalue weighted by Gasteiger charge is -2.15. The monoisotopic (exact) mass is 394 g/mol. The quantitative estimate of drug-likeness (QED) is 0.542. The number of rotatable bonds is 5. The van der Waals surface area contributed by atoms with Crippen molar-refractivity contribution < 1.29 is 13.7 Å². The third-order valence-corrected chi connectivity index (χ3v) is 4.46. The van der Waals surface area contributed by atoms with Crippen LogP contribution in [-0.2, 0) is 0 Å². The van der Waals surface area contributed by atoms with Crippen LogP contribution in [-0.4, -0.2) is 32.2 Å². The first-order valence-electron chi connectivity index (χ1n) is 8.98. The van der Waals surface area contributed by atoms with Gasteiger partial charge in [-0.3, -0.25) is 4.98 Å². The zero-order valence-corrected chi connectivity index (χ0v) is 16.4. The Hall–Kier alpha value is -3.62. The number of halogens is 1. The number of nitrogens with one attached hydrogen (secondary N) is 1. The number of benzene rings is 1. The van der Waals surface area contributed by atoms with E-state index < -0.39 is 5.82 Å². The molecular weight excluding hydrogens is 375 g/mol. The Labute approximate surface area is 166 Å². The van der Waals surface area contributed by atoms with Crippen molar-refractivity contribution in [3.63, 3.8) is 0 Å². The maximum Gasteiger partial charge on any atom is 0.223 e. The maximum absolute atomic E-state index is 14.5. The highest BCUT2D eigenvalue weighted by Gasteiger charge is 2.18. The van der Waals surface area contributed by atoms with E-state index in [2.05, 4.69) is 30.4 Å². The van der Waals surface area contributed by atoms with Gasteiger partial charge in [-0.2, -0.15) is 4.98 Å². The van der Waals surface area contributed by atoms with Gasteiger partial charge in [0.25, 0.3) is 0 Å². The van der Waals surface area contributed by atoms with Gasteiger partial charge in [-0.25, -0.2) is 14.4 Å². The van der Waals surface area contributed by atoms with Gasteiger partial charge in [-0.15, -0.1) is 0 Å². The number of nitrogens with zero attached hydrogens (tertiary/aromatic N) is 5. The zero-order valence-electron chi connectivity index (χ0n) is 16.4. The molecule has 8 nitrogen and oxygen atoms in total. The summed E-state index contributed by atoms with van der Waals surface area (Å²) in [6, 6.07) is 4.68. The molecule has 0 bridgehead atoms. The number of aromatic nitrogens is 5. The van der Waals surface area contributed by atoms with E-state index in [-0.39, 0.29) is 11.7 Å².